The molecule has 116 valence electrons. The minimum absolute atomic E-state index is 0.0211. The molecule has 1 saturated heterocycles. The molecule has 0 amide bonds. The minimum Gasteiger partial charge on any atom is -0.462 e. The van der Waals surface area contributed by atoms with Crippen LogP contribution in [0, 0.1) is 17.3 Å². The molecule has 0 aromatic heterocycles. The van der Waals surface area contributed by atoms with Gasteiger partial charge in [0.1, 0.15) is 6.10 Å². The molecule has 1 N–H and O–H groups in total. The van der Waals surface area contributed by atoms with E-state index in [2.05, 4.69) is 26.1 Å². The fourth-order valence-electron chi connectivity index (χ4n) is 3.52. The Balaban J connectivity index is 1.69. The lowest BCUT2D eigenvalue weighted by Crippen LogP contribution is -2.34. The largest absolute Gasteiger partial charge is 0.462 e. The van der Waals surface area contributed by atoms with Crippen LogP contribution in [0.2, 0.25) is 0 Å². The molecular formula is C17H31NO2. The molecule has 2 fully saturated rings. The van der Waals surface area contributed by atoms with Crippen molar-refractivity contribution >= 4 is 5.97 Å². The quantitative estimate of drug-likeness (QED) is 0.801. The number of rotatable bonds is 4. The summed E-state index contributed by atoms with van der Waals surface area (Å²) in [7, 11) is 0. The Morgan fingerprint density at radius 3 is 2.60 bits per heavy atom. The van der Waals surface area contributed by atoms with Crippen LogP contribution in [0.5, 0.6) is 0 Å². The molecule has 20 heavy (non-hydrogen) atoms. The van der Waals surface area contributed by atoms with Gasteiger partial charge in [-0.1, -0.05) is 20.8 Å². The lowest BCUT2D eigenvalue weighted by atomic mass is 9.76. The van der Waals surface area contributed by atoms with Gasteiger partial charge in [0.2, 0.25) is 0 Å². The zero-order chi connectivity index (χ0) is 14.6. The van der Waals surface area contributed by atoms with Gasteiger partial charge in [-0.15, -0.1) is 0 Å². The third-order valence-corrected chi connectivity index (χ3v) is 5.21. The average molecular weight is 281 g/mol. The van der Waals surface area contributed by atoms with Gasteiger partial charge in [0.25, 0.3) is 0 Å². The van der Waals surface area contributed by atoms with E-state index >= 15 is 0 Å². The molecule has 1 heterocycles. The van der Waals surface area contributed by atoms with Crippen molar-refractivity contribution in [3.8, 4) is 0 Å². The number of ether oxygens (including phenoxy) is 1. The van der Waals surface area contributed by atoms with E-state index < -0.39 is 0 Å². The standard InChI is InChI=1S/C17H31NO2/c1-13(14-5-4-10-18-12-14)11-16(19)20-15-6-8-17(2,3)9-7-15/h13-15,18H,4-12H2,1-3H3. The van der Waals surface area contributed by atoms with E-state index in [0.717, 1.165) is 25.9 Å². The van der Waals surface area contributed by atoms with E-state index in [-0.39, 0.29) is 12.1 Å². The van der Waals surface area contributed by atoms with Crippen molar-refractivity contribution < 1.29 is 9.53 Å². The van der Waals surface area contributed by atoms with E-state index in [1.54, 1.807) is 0 Å². The predicted octanol–water partition coefficient (Wildman–Crippen LogP) is 3.52. The van der Waals surface area contributed by atoms with Crippen molar-refractivity contribution in [3.05, 3.63) is 0 Å². The highest BCUT2D eigenvalue weighted by Crippen LogP contribution is 2.36. The number of esters is 1. The van der Waals surface area contributed by atoms with Crippen LogP contribution in [0.3, 0.4) is 0 Å². The Hall–Kier alpha value is -0.570. The molecule has 2 unspecified atom stereocenters. The Bertz CT molecular complexity index is 311. The second-order valence-corrected chi connectivity index (χ2v) is 7.64. The summed E-state index contributed by atoms with van der Waals surface area (Å²) in [5.41, 5.74) is 0.434. The van der Waals surface area contributed by atoms with Crippen LogP contribution >= 0.6 is 0 Å². The second-order valence-electron chi connectivity index (χ2n) is 7.64. The van der Waals surface area contributed by atoms with Gasteiger partial charge in [0.15, 0.2) is 0 Å². The number of hydrogen-bond acceptors (Lipinski definition) is 3. The lowest BCUT2D eigenvalue weighted by Gasteiger charge is -2.34. The van der Waals surface area contributed by atoms with Crippen LogP contribution in [-0.2, 0) is 9.53 Å². The topological polar surface area (TPSA) is 38.3 Å². The highest BCUT2D eigenvalue weighted by atomic mass is 16.5. The van der Waals surface area contributed by atoms with Crippen molar-refractivity contribution in [2.24, 2.45) is 17.3 Å². The summed E-state index contributed by atoms with van der Waals surface area (Å²) in [6, 6.07) is 0. The van der Waals surface area contributed by atoms with Crippen molar-refractivity contribution in [2.75, 3.05) is 13.1 Å². The van der Waals surface area contributed by atoms with E-state index in [4.69, 9.17) is 4.74 Å². The maximum Gasteiger partial charge on any atom is 0.306 e. The number of piperidine rings is 1. The molecule has 3 nitrogen and oxygen atoms in total. The molecule has 0 spiro atoms. The van der Waals surface area contributed by atoms with Crippen molar-refractivity contribution in [3.63, 3.8) is 0 Å². The molecule has 1 saturated carbocycles. The second kappa shape index (κ2) is 6.93. The Morgan fingerprint density at radius 1 is 1.30 bits per heavy atom. The molecule has 0 radical (unpaired) electrons. The van der Waals surface area contributed by atoms with Gasteiger partial charge in [0, 0.05) is 6.42 Å². The first-order valence-corrected chi connectivity index (χ1v) is 8.36. The number of hydrogen-bond donors (Lipinski definition) is 1. The predicted molar refractivity (Wildman–Crippen MR) is 81.5 cm³/mol. The fourth-order valence-corrected chi connectivity index (χ4v) is 3.52. The molecular weight excluding hydrogens is 250 g/mol. The summed E-state index contributed by atoms with van der Waals surface area (Å²) >= 11 is 0. The third kappa shape index (κ3) is 4.76. The Labute approximate surface area is 123 Å². The van der Waals surface area contributed by atoms with Crippen molar-refractivity contribution in [1.82, 2.24) is 5.32 Å². The first kappa shape index (κ1) is 15.8. The maximum atomic E-state index is 12.1. The number of nitrogens with one attached hydrogen (secondary N) is 1. The van der Waals surface area contributed by atoms with E-state index in [0.29, 0.717) is 23.7 Å². The van der Waals surface area contributed by atoms with Crippen molar-refractivity contribution in [2.45, 2.75) is 71.8 Å². The van der Waals surface area contributed by atoms with Gasteiger partial charge in [-0.3, -0.25) is 4.79 Å². The number of carbonyl (C=O) groups excluding carboxylic acids is 1. The SMILES string of the molecule is CC(CC(=O)OC1CCC(C)(C)CC1)C1CCCNC1. The van der Waals surface area contributed by atoms with Crippen molar-refractivity contribution in [1.29, 1.82) is 0 Å². The molecule has 0 aromatic rings. The van der Waals surface area contributed by atoms with E-state index in [9.17, 15) is 4.79 Å². The van der Waals surface area contributed by atoms with Gasteiger partial charge in [-0.05, 0) is 68.9 Å². The van der Waals surface area contributed by atoms with Gasteiger partial charge in [-0.2, -0.15) is 0 Å². The summed E-state index contributed by atoms with van der Waals surface area (Å²) in [6.45, 7) is 9.01. The fraction of sp³-hybridized carbons (Fsp3) is 0.941. The smallest absolute Gasteiger partial charge is 0.306 e. The van der Waals surface area contributed by atoms with Crippen LogP contribution in [0.25, 0.3) is 0 Å². The Morgan fingerprint density at radius 2 is 2.00 bits per heavy atom. The maximum absolute atomic E-state index is 12.1. The van der Waals surface area contributed by atoms with Crippen LogP contribution in [0.1, 0.15) is 65.7 Å². The minimum atomic E-state index is 0.0211. The summed E-state index contributed by atoms with van der Waals surface area (Å²) in [5, 5.41) is 3.43. The highest BCUT2D eigenvalue weighted by molar-refractivity contribution is 5.69. The van der Waals surface area contributed by atoms with Crippen LogP contribution in [-0.4, -0.2) is 25.2 Å². The van der Waals surface area contributed by atoms with Crippen LogP contribution < -0.4 is 5.32 Å². The molecule has 0 bridgehead atoms. The van der Waals surface area contributed by atoms with Crippen LogP contribution in [0.15, 0.2) is 0 Å². The summed E-state index contributed by atoms with van der Waals surface area (Å²) in [4.78, 5) is 12.1. The summed E-state index contributed by atoms with van der Waals surface area (Å²) in [6.07, 6.45) is 7.68. The zero-order valence-corrected chi connectivity index (χ0v) is 13.4. The molecule has 2 atom stereocenters. The number of carbonyl (C=O) groups is 1. The van der Waals surface area contributed by atoms with Gasteiger partial charge in [-0.25, -0.2) is 0 Å². The highest BCUT2D eigenvalue weighted by Gasteiger charge is 2.29. The molecule has 3 heteroatoms. The zero-order valence-electron chi connectivity index (χ0n) is 13.4. The first-order chi connectivity index (χ1) is 9.46. The molecule has 2 rings (SSSR count). The first-order valence-electron chi connectivity index (χ1n) is 8.36. The van der Waals surface area contributed by atoms with E-state index in [1.807, 2.05) is 0 Å². The van der Waals surface area contributed by atoms with Gasteiger partial charge in [0.05, 0.1) is 0 Å². The molecule has 2 aliphatic rings. The summed E-state index contributed by atoms with van der Waals surface area (Å²) in [5.74, 6) is 1.10. The molecule has 1 aliphatic heterocycles. The third-order valence-electron chi connectivity index (χ3n) is 5.21. The summed E-state index contributed by atoms with van der Waals surface area (Å²) < 4.78 is 5.69. The van der Waals surface area contributed by atoms with Gasteiger partial charge >= 0.3 is 5.97 Å². The molecule has 1 aliphatic carbocycles. The monoisotopic (exact) mass is 281 g/mol. The molecule has 0 aromatic carbocycles. The van der Waals surface area contributed by atoms with Gasteiger partial charge < -0.3 is 10.1 Å². The van der Waals surface area contributed by atoms with Crippen LogP contribution in [0.4, 0.5) is 0 Å². The average Bonchev–Trinajstić information content (AvgIpc) is 2.42. The Kier molecular flexibility index (Phi) is 5.48. The van der Waals surface area contributed by atoms with E-state index in [1.165, 1.54) is 25.7 Å². The lowest BCUT2D eigenvalue weighted by molar-refractivity contribution is -0.153. The normalized spacial score (nSPS) is 28.9.